The zero-order valence-corrected chi connectivity index (χ0v) is 9.69. The molecule has 1 atom stereocenters. The number of nitrogens with zero attached hydrogens (tertiary/aromatic N) is 1. The second-order valence-electron chi connectivity index (χ2n) is 4.29. The first kappa shape index (κ1) is 10.4. The Morgan fingerprint density at radius 2 is 2.35 bits per heavy atom. The normalized spacial score (nSPS) is 22.5. The molecule has 1 amide bonds. The summed E-state index contributed by atoms with van der Waals surface area (Å²) in [5, 5.41) is 6.17. The van der Waals surface area contributed by atoms with Gasteiger partial charge in [0.1, 0.15) is 11.8 Å². The number of anilines is 2. The Bertz CT molecular complexity index is 461. The van der Waals surface area contributed by atoms with Gasteiger partial charge in [0.25, 0.3) is 0 Å². The Labute approximate surface area is 99.7 Å². The molecule has 1 aromatic rings. The quantitative estimate of drug-likeness (QED) is 0.738. The van der Waals surface area contributed by atoms with Gasteiger partial charge in [-0.1, -0.05) is 0 Å². The largest absolute Gasteiger partial charge is 0.497 e. The summed E-state index contributed by atoms with van der Waals surface area (Å²) in [6.07, 6.45) is 0. The van der Waals surface area contributed by atoms with Crippen LogP contribution < -0.4 is 20.3 Å². The number of piperazine rings is 1. The van der Waals surface area contributed by atoms with Gasteiger partial charge in [-0.05, 0) is 12.1 Å². The lowest BCUT2D eigenvalue weighted by molar-refractivity contribution is -0.117. The molecule has 0 saturated carbocycles. The molecular formula is C12H15N3O2. The topological polar surface area (TPSA) is 53.6 Å². The van der Waals surface area contributed by atoms with Crippen molar-refractivity contribution in [1.82, 2.24) is 5.32 Å². The molecule has 0 radical (unpaired) electrons. The molecule has 3 rings (SSSR count). The van der Waals surface area contributed by atoms with Crippen molar-refractivity contribution >= 4 is 17.3 Å². The molecule has 0 aliphatic carbocycles. The Morgan fingerprint density at radius 1 is 1.47 bits per heavy atom. The summed E-state index contributed by atoms with van der Waals surface area (Å²) in [5.74, 6) is 0.882. The summed E-state index contributed by atoms with van der Waals surface area (Å²) in [6.45, 7) is 2.45. The highest BCUT2D eigenvalue weighted by Gasteiger charge is 2.34. The second-order valence-corrected chi connectivity index (χ2v) is 4.29. The summed E-state index contributed by atoms with van der Waals surface area (Å²) in [4.78, 5) is 14.1. The zero-order chi connectivity index (χ0) is 11.8. The second kappa shape index (κ2) is 3.92. The van der Waals surface area contributed by atoms with Crippen molar-refractivity contribution in [1.29, 1.82) is 0 Å². The third kappa shape index (κ3) is 1.63. The number of nitrogens with one attached hydrogen (secondary N) is 2. The van der Waals surface area contributed by atoms with Crippen molar-refractivity contribution in [3.8, 4) is 5.75 Å². The van der Waals surface area contributed by atoms with Crippen LogP contribution in [0, 0.1) is 0 Å². The van der Waals surface area contributed by atoms with E-state index in [1.165, 1.54) is 0 Å². The highest BCUT2D eigenvalue weighted by Crippen LogP contribution is 2.35. The number of carbonyl (C=O) groups is 1. The molecule has 0 aromatic heterocycles. The van der Waals surface area contributed by atoms with Gasteiger partial charge in [0.15, 0.2) is 0 Å². The van der Waals surface area contributed by atoms with Crippen LogP contribution in [-0.4, -0.2) is 38.7 Å². The summed E-state index contributed by atoms with van der Waals surface area (Å²) >= 11 is 0. The molecule has 90 valence electrons. The number of ether oxygens (including phenoxy) is 1. The highest BCUT2D eigenvalue weighted by atomic mass is 16.5. The number of hydrogen-bond donors (Lipinski definition) is 2. The zero-order valence-electron chi connectivity index (χ0n) is 9.69. The first-order valence-corrected chi connectivity index (χ1v) is 5.76. The molecule has 1 fully saturated rings. The third-order valence-electron chi connectivity index (χ3n) is 3.32. The standard InChI is InChI=1S/C12H15N3O2/c1-17-8-2-3-9-10(6-8)15-5-4-13-7-11(15)12(16)14-9/h2-3,6,11,13H,4-5,7H2,1H3,(H,14,16). The molecule has 1 unspecified atom stereocenters. The van der Waals surface area contributed by atoms with E-state index in [0.29, 0.717) is 6.54 Å². The molecule has 5 heteroatoms. The number of benzene rings is 1. The Hall–Kier alpha value is -1.75. The first-order chi connectivity index (χ1) is 8.29. The highest BCUT2D eigenvalue weighted by molar-refractivity contribution is 6.04. The van der Waals surface area contributed by atoms with E-state index in [0.717, 1.165) is 30.2 Å². The maximum Gasteiger partial charge on any atom is 0.248 e. The van der Waals surface area contributed by atoms with Crippen LogP contribution >= 0.6 is 0 Å². The smallest absolute Gasteiger partial charge is 0.248 e. The van der Waals surface area contributed by atoms with E-state index in [2.05, 4.69) is 15.5 Å². The molecule has 17 heavy (non-hydrogen) atoms. The lowest BCUT2D eigenvalue weighted by Crippen LogP contribution is -2.58. The minimum Gasteiger partial charge on any atom is -0.497 e. The van der Waals surface area contributed by atoms with Crippen LogP contribution in [0.25, 0.3) is 0 Å². The van der Waals surface area contributed by atoms with Crippen molar-refractivity contribution in [3.63, 3.8) is 0 Å². The van der Waals surface area contributed by atoms with Gasteiger partial charge in [-0.3, -0.25) is 4.79 Å². The van der Waals surface area contributed by atoms with Gasteiger partial charge in [0.05, 0.1) is 18.5 Å². The monoisotopic (exact) mass is 233 g/mol. The van der Waals surface area contributed by atoms with E-state index >= 15 is 0 Å². The SMILES string of the molecule is COc1ccc2c(c1)N1CCNCC1C(=O)N2. The van der Waals surface area contributed by atoms with E-state index in [1.807, 2.05) is 18.2 Å². The van der Waals surface area contributed by atoms with Crippen LogP contribution in [0.1, 0.15) is 0 Å². The molecule has 0 bridgehead atoms. The van der Waals surface area contributed by atoms with Gasteiger partial charge in [-0.25, -0.2) is 0 Å². The summed E-state index contributed by atoms with van der Waals surface area (Å²) in [6, 6.07) is 5.63. The molecule has 2 aliphatic rings. The van der Waals surface area contributed by atoms with Gasteiger partial charge in [-0.15, -0.1) is 0 Å². The van der Waals surface area contributed by atoms with E-state index in [-0.39, 0.29) is 11.9 Å². The number of hydrogen-bond acceptors (Lipinski definition) is 4. The van der Waals surface area contributed by atoms with Crippen molar-refractivity contribution < 1.29 is 9.53 Å². The minimum absolute atomic E-state index is 0.0647. The Morgan fingerprint density at radius 3 is 3.18 bits per heavy atom. The summed E-state index contributed by atoms with van der Waals surface area (Å²) in [5.41, 5.74) is 1.92. The lowest BCUT2D eigenvalue weighted by atomic mass is 10.1. The molecule has 2 aliphatic heterocycles. The van der Waals surface area contributed by atoms with Crippen LogP contribution in [0.15, 0.2) is 18.2 Å². The fourth-order valence-electron chi connectivity index (χ4n) is 2.42. The minimum atomic E-state index is -0.108. The van der Waals surface area contributed by atoms with Crippen molar-refractivity contribution in [2.45, 2.75) is 6.04 Å². The number of rotatable bonds is 1. The van der Waals surface area contributed by atoms with Crippen LogP contribution in [0.5, 0.6) is 5.75 Å². The number of carbonyl (C=O) groups excluding carboxylic acids is 1. The van der Waals surface area contributed by atoms with Crippen LogP contribution in [0.3, 0.4) is 0 Å². The predicted octanol–water partition coefficient (Wildman–Crippen LogP) is 0.425. The van der Waals surface area contributed by atoms with Crippen molar-refractivity contribution in [2.75, 3.05) is 37.0 Å². The lowest BCUT2D eigenvalue weighted by Gasteiger charge is -2.41. The van der Waals surface area contributed by atoms with Crippen molar-refractivity contribution in [2.24, 2.45) is 0 Å². The Kier molecular flexibility index (Phi) is 2.40. The summed E-state index contributed by atoms with van der Waals surface area (Å²) < 4.78 is 5.23. The molecule has 1 saturated heterocycles. The third-order valence-corrected chi connectivity index (χ3v) is 3.32. The molecule has 2 heterocycles. The average molecular weight is 233 g/mol. The van der Waals surface area contributed by atoms with E-state index in [4.69, 9.17) is 4.74 Å². The summed E-state index contributed by atoms with van der Waals surface area (Å²) in [7, 11) is 1.65. The Balaban J connectivity index is 2.04. The fourth-order valence-corrected chi connectivity index (χ4v) is 2.42. The maximum absolute atomic E-state index is 11.9. The maximum atomic E-state index is 11.9. The average Bonchev–Trinajstić information content (AvgIpc) is 2.39. The first-order valence-electron chi connectivity index (χ1n) is 5.76. The van der Waals surface area contributed by atoms with Crippen molar-refractivity contribution in [3.05, 3.63) is 18.2 Å². The molecular weight excluding hydrogens is 218 g/mol. The van der Waals surface area contributed by atoms with Crippen LogP contribution in [-0.2, 0) is 4.79 Å². The van der Waals surface area contributed by atoms with E-state index < -0.39 is 0 Å². The molecule has 5 nitrogen and oxygen atoms in total. The van der Waals surface area contributed by atoms with Crippen LogP contribution in [0.4, 0.5) is 11.4 Å². The molecule has 0 spiro atoms. The van der Waals surface area contributed by atoms with Gasteiger partial charge < -0.3 is 20.3 Å². The van der Waals surface area contributed by atoms with E-state index in [1.54, 1.807) is 7.11 Å². The fraction of sp³-hybridized carbons (Fsp3) is 0.417. The number of fused-ring (bicyclic) bond motifs is 3. The molecule has 2 N–H and O–H groups in total. The van der Waals surface area contributed by atoms with Gasteiger partial charge >= 0.3 is 0 Å². The van der Waals surface area contributed by atoms with Crippen LogP contribution in [0.2, 0.25) is 0 Å². The van der Waals surface area contributed by atoms with Gasteiger partial charge in [-0.2, -0.15) is 0 Å². The van der Waals surface area contributed by atoms with Gasteiger partial charge in [0.2, 0.25) is 5.91 Å². The number of amides is 1. The van der Waals surface area contributed by atoms with Gasteiger partial charge in [0, 0.05) is 25.7 Å². The number of methoxy groups -OCH3 is 1. The molecule has 1 aromatic carbocycles. The van der Waals surface area contributed by atoms with E-state index in [9.17, 15) is 4.79 Å². The predicted molar refractivity (Wildman–Crippen MR) is 65.6 cm³/mol.